The first-order valence-electron chi connectivity index (χ1n) is 3.72. The molecule has 0 fully saturated rings. The zero-order chi connectivity index (χ0) is 9.42. The minimum absolute atomic E-state index is 0.0922. The third-order valence-electron chi connectivity index (χ3n) is 1.92. The van der Waals surface area contributed by atoms with Crippen molar-refractivity contribution in [1.29, 1.82) is 0 Å². The predicted octanol–water partition coefficient (Wildman–Crippen LogP) is 2.24. The summed E-state index contributed by atoms with van der Waals surface area (Å²) < 4.78 is 13.3. The number of aromatic hydroxyl groups is 1. The number of phenols is 1. The van der Waals surface area contributed by atoms with Gasteiger partial charge in [0.1, 0.15) is 0 Å². The van der Waals surface area contributed by atoms with Gasteiger partial charge in [0.05, 0.1) is 11.3 Å². The van der Waals surface area contributed by atoms with Crippen molar-refractivity contribution < 1.29 is 14.6 Å². The quantitative estimate of drug-likeness (QED) is 0.737. The van der Waals surface area contributed by atoms with Crippen LogP contribution >= 0.6 is 11.3 Å². The molecule has 0 amide bonds. The van der Waals surface area contributed by atoms with Gasteiger partial charge in [-0.05, 0) is 23.1 Å². The Morgan fingerprint density at radius 1 is 1.38 bits per heavy atom. The van der Waals surface area contributed by atoms with Gasteiger partial charge in [-0.1, -0.05) is 0 Å². The van der Waals surface area contributed by atoms with Crippen molar-refractivity contribution in [3.63, 3.8) is 0 Å². The number of thiophene rings is 1. The maximum absolute atomic E-state index is 12.9. The van der Waals surface area contributed by atoms with Crippen molar-refractivity contribution in [1.82, 2.24) is 0 Å². The Labute approximate surface area is 77.9 Å². The summed E-state index contributed by atoms with van der Waals surface area (Å²) in [5.74, 6) is -0.957. The van der Waals surface area contributed by atoms with E-state index in [0.717, 1.165) is 5.56 Å². The third kappa shape index (κ3) is 1.18. The number of hydrogen-bond acceptors (Lipinski definition) is 3. The van der Waals surface area contributed by atoms with Crippen molar-refractivity contribution in [2.24, 2.45) is 0 Å². The fourth-order valence-corrected chi connectivity index (χ4v) is 2.23. The van der Waals surface area contributed by atoms with Gasteiger partial charge in [0, 0.05) is 5.39 Å². The molecule has 4 heteroatoms. The van der Waals surface area contributed by atoms with Crippen molar-refractivity contribution in [3.8, 4) is 5.75 Å². The van der Waals surface area contributed by atoms with Crippen LogP contribution in [0.25, 0.3) is 10.1 Å². The number of aliphatic hydroxyl groups excluding tert-OH is 1. The van der Waals surface area contributed by atoms with Crippen molar-refractivity contribution in [2.45, 2.75) is 6.61 Å². The molecule has 2 rings (SSSR count). The summed E-state index contributed by atoms with van der Waals surface area (Å²) in [5.41, 5.74) is 0.718. The highest BCUT2D eigenvalue weighted by Gasteiger charge is 2.10. The molecule has 2 nitrogen and oxygen atoms in total. The first-order chi connectivity index (χ1) is 6.24. The minimum atomic E-state index is -0.626. The van der Waals surface area contributed by atoms with Crippen LogP contribution in [0.2, 0.25) is 0 Å². The average molecular weight is 198 g/mol. The number of hydrogen-bond donors (Lipinski definition) is 2. The largest absolute Gasteiger partial charge is 0.504 e. The fraction of sp³-hybridized carbons (Fsp3) is 0.111. The summed E-state index contributed by atoms with van der Waals surface area (Å²) in [6.07, 6.45) is 0. The van der Waals surface area contributed by atoms with Crippen LogP contribution in [0.4, 0.5) is 4.39 Å². The number of benzene rings is 1. The van der Waals surface area contributed by atoms with Crippen LogP contribution in [0.5, 0.6) is 5.75 Å². The molecule has 0 spiro atoms. The van der Waals surface area contributed by atoms with Gasteiger partial charge in [0.2, 0.25) is 0 Å². The minimum Gasteiger partial charge on any atom is -0.504 e. The Balaban J connectivity index is 2.81. The Hall–Kier alpha value is -1.13. The fourth-order valence-electron chi connectivity index (χ4n) is 1.24. The van der Waals surface area contributed by atoms with Gasteiger partial charge >= 0.3 is 0 Å². The number of rotatable bonds is 1. The van der Waals surface area contributed by atoms with Gasteiger partial charge < -0.3 is 10.2 Å². The average Bonchev–Trinajstić information content (AvgIpc) is 2.55. The molecule has 0 unspecified atom stereocenters. The van der Waals surface area contributed by atoms with Gasteiger partial charge in [-0.15, -0.1) is 11.3 Å². The van der Waals surface area contributed by atoms with E-state index in [0.29, 0.717) is 10.1 Å². The number of aliphatic hydroxyl groups is 1. The molecular weight excluding hydrogens is 191 g/mol. The second-order valence-electron chi connectivity index (χ2n) is 2.69. The molecule has 1 aromatic carbocycles. The van der Waals surface area contributed by atoms with Crippen LogP contribution < -0.4 is 0 Å². The van der Waals surface area contributed by atoms with E-state index in [1.165, 1.54) is 17.4 Å². The van der Waals surface area contributed by atoms with Crippen LogP contribution in [-0.4, -0.2) is 10.2 Å². The first kappa shape index (κ1) is 8.47. The molecule has 1 aromatic heterocycles. The molecule has 68 valence electrons. The Bertz CT molecular complexity index is 450. The molecule has 0 saturated carbocycles. The molecule has 13 heavy (non-hydrogen) atoms. The molecular formula is C9H7FO2S. The van der Waals surface area contributed by atoms with Crippen LogP contribution in [0.3, 0.4) is 0 Å². The number of phenolic OH excluding ortho intramolecular Hbond substituents is 1. The normalized spacial score (nSPS) is 10.9. The molecule has 2 N–H and O–H groups in total. The highest BCUT2D eigenvalue weighted by Crippen LogP contribution is 2.34. The lowest BCUT2D eigenvalue weighted by Crippen LogP contribution is -1.80. The summed E-state index contributed by atoms with van der Waals surface area (Å²) in [7, 11) is 0. The van der Waals surface area contributed by atoms with Crippen molar-refractivity contribution in [2.75, 3.05) is 0 Å². The number of halogens is 1. The SMILES string of the molecule is OCc1csc2c(O)c(F)ccc12. The summed E-state index contributed by atoms with van der Waals surface area (Å²) >= 11 is 1.23. The van der Waals surface area contributed by atoms with E-state index in [1.807, 2.05) is 0 Å². The van der Waals surface area contributed by atoms with E-state index in [1.54, 1.807) is 11.4 Å². The zero-order valence-corrected chi connectivity index (χ0v) is 7.44. The van der Waals surface area contributed by atoms with Crippen LogP contribution in [0.15, 0.2) is 17.5 Å². The Morgan fingerprint density at radius 3 is 2.85 bits per heavy atom. The maximum Gasteiger partial charge on any atom is 0.169 e. The van der Waals surface area contributed by atoms with Gasteiger partial charge in [-0.2, -0.15) is 0 Å². The molecule has 0 aliphatic rings. The molecule has 0 aliphatic carbocycles. The maximum atomic E-state index is 12.9. The number of fused-ring (bicyclic) bond motifs is 1. The van der Waals surface area contributed by atoms with E-state index < -0.39 is 5.82 Å². The standard InChI is InChI=1S/C9H7FO2S/c10-7-2-1-6-5(3-11)4-13-9(6)8(7)12/h1-2,4,11-12H,3H2. The lowest BCUT2D eigenvalue weighted by molar-refractivity contribution is 0.284. The molecule has 1 heterocycles. The van der Waals surface area contributed by atoms with Gasteiger partial charge in [0.15, 0.2) is 11.6 Å². The summed E-state index contributed by atoms with van der Waals surface area (Å²) in [6, 6.07) is 2.76. The lowest BCUT2D eigenvalue weighted by Gasteiger charge is -1.97. The summed E-state index contributed by atoms with van der Waals surface area (Å²) in [5, 5.41) is 20.7. The Morgan fingerprint density at radius 2 is 2.15 bits per heavy atom. The summed E-state index contributed by atoms with van der Waals surface area (Å²) in [6.45, 7) is -0.0922. The van der Waals surface area contributed by atoms with Crippen LogP contribution in [-0.2, 0) is 6.61 Å². The van der Waals surface area contributed by atoms with E-state index in [9.17, 15) is 9.50 Å². The molecule has 0 radical (unpaired) electrons. The highest BCUT2D eigenvalue weighted by atomic mass is 32.1. The molecule has 2 aromatic rings. The van der Waals surface area contributed by atoms with Crippen molar-refractivity contribution >= 4 is 21.4 Å². The molecule has 0 atom stereocenters. The van der Waals surface area contributed by atoms with Crippen molar-refractivity contribution in [3.05, 3.63) is 28.9 Å². The molecule has 0 aliphatic heterocycles. The second-order valence-corrected chi connectivity index (χ2v) is 3.57. The third-order valence-corrected chi connectivity index (χ3v) is 2.97. The highest BCUT2D eigenvalue weighted by molar-refractivity contribution is 7.17. The van der Waals surface area contributed by atoms with Gasteiger partial charge in [-0.25, -0.2) is 4.39 Å². The summed E-state index contributed by atoms with van der Waals surface area (Å²) in [4.78, 5) is 0. The second kappa shape index (κ2) is 2.97. The van der Waals surface area contributed by atoms with E-state index in [4.69, 9.17) is 5.11 Å². The van der Waals surface area contributed by atoms with Gasteiger partial charge in [-0.3, -0.25) is 0 Å². The molecule has 0 saturated heterocycles. The zero-order valence-electron chi connectivity index (χ0n) is 6.62. The van der Waals surface area contributed by atoms with E-state index >= 15 is 0 Å². The topological polar surface area (TPSA) is 40.5 Å². The van der Waals surface area contributed by atoms with Crippen LogP contribution in [0, 0.1) is 5.82 Å². The van der Waals surface area contributed by atoms with E-state index in [2.05, 4.69) is 0 Å². The predicted molar refractivity (Wildman–Crippen MR) is 49.4 cm³/mol. The van der Waals surface area contributed by atoms with Gasteiger partial charge in [0.25, 0.3) is 0 Å². The van der Waals surface area contributed by atoms with Crippen LogP contribution in [0.1, 0.15) is 5.56 Å². The smallest absolute Gasteiger partial charge is 0.169 e. The van der Waals surface area contributed by atoms with E-state index in [-0.39, 0.29) is 12.4 Å². The lowest BCUT2D eigenvalue weighted by atomic mass is 10.2. The Kier molecular flexibility index (Phi) is 1.94. The first-order valence-corrected chi connectivity index (χ1v) is 4.60. The molecule has 0 bridgehead atoms. The monoisotopic (exact) mass is 198 g/mol.